The molecule has 0 heteroatoms. The maximum atomic E-state index is 2.43. The Labute approximate surface area is 156 Å². The van der Waals surface area contributed by atoms with Crippen molar-refractivity contribution in [3.63, 3.8) is 0 Å². The molecule has 0 fully saturated rings. The van der Waals surface area contributed by atoms with E-state index in [0.29, 0.717) is 0 Å². The van der Waals surface area contributed by atoms with Gasteiger partial charge >= 0.3 is 0 Å². The molecule has 0 aliphatic heterocycles. The fourth-order valence-corrected chi connectivity index (χ4v) is 4.28. The van der Waals surface area contributed by atoms with Crippen molar-refractivity contribution in [2.45, 2.75) is 19.3 Å². The van der Waals surface area contributed by atoms with E-state index in [1.165, 1.54) is 27.8 Å². The molecule has 4 rings (SSSR count). The molecule has 0 radical (unpaired) electrons. The lowest BCUT2D eigenvalue weighted by Gasteiger charge is -2.40. The molecular formula is C26H24. The summed E-state index contributed by atoms with van der Waals surface area (Å²) >= 11 is 0. The Morgan fingerprint density at radius 3 is 1.12 bits per heavy atom. The fraction of sp³-hybridized carbons (Fsp3) is 0.154. The molecule has 3 aromatic carbocycles. The molecule has 0 heterocycles. The van der Waals surface area contributed by atoms with E-state index in [1.807, 2.05) is 0 Å². The maximum Gasteiger partial charge on any atom is 0.0548 e. The lowest BCUT2D eigenvalue weighted by molar-refractivity contribution is 0.527. The quantitative estimate of drug-likeness (QED) is 0.474. The second-order valence-corrected chi connectivity index (χ2v) is 7.13. The summed E-state index contributed by atoms with van der Waals surface area (Å²) in [5.41, 5.74) is 6.51. The van der Waals surface area contributed by atoms with Crippen molar-refractivity contribution >= 4 is 0 Å². The average molecular weight is 336 g/mol. The van der Waals surface area contributed by atoms with Crippen LogP contribution >= 0.6 is 0 Å². The van der Waals surface area contributed by atoms with Gasteiger partial charge in [-0.2, -0.15) is 0 Å². The van der Waals surface area contributed by atoms with Crippen LogP contribution in [0.5, 0.6) is 0 Å². The molecule has 128 valence electrons. The number of hydrogen-bond donors (Lipinski definition) is 0. The largest absolute Gasteiger partial charge is 0.0728 e. The molecule has 26 heavy (non-hydrogen) atoms. The van der Waals surface area contributed by atoms with Crippen LogP contribution in [0.4, 0.5) is 0 Å². The molecule has 0 amide bonds. The summed E-state index contributed by atoms with van der Waals surface area (Å²) in [4.78, 5) is 0. The van der Waals surface area contributed by atoms with Crippen molar-refractivity contribution < 1.29 is 0 Å². The normalized spacial score (nSPS) is 14.8. The lowest BCUT2D eigenvalue weighted by atomic mass is 9.62. The van der Waals surface area contributed by atoms with Crippen LogP contribution in [0.25, 0.3) is 0 Å². The van der Waals surface area contributed by atoms with Crippen molar-refractivity contribution in [3.8, 4) is 0 Å². The summed E-state index contributed by atoms with van der Waals surface area (Å²) < 4.78 is 0. The van der Waals surface area contributed by atoms with Gasteiger partial charge in [0, 0.05) is 5.92 Å². The fourth-order valence-electron chi connectivity index (χ4n) is 4.28. The molecule has 0 nitrogen and oxygen atoms in total. The van der Waals surface area contributed by atoms with Gasteiger partial charge in [0.15, 0.2) is 0 Å². The maximum absolute atomic E-state index is 2.43. The van der Waals surface area contributed by atoms with Crippen LogP contribution in [-0.2, 0) is 5.41 Å². The molecule has 0 saturated carbocycles. The molecule has 1 aliphatic carbocycles. The molecule has 0 N–H and O–H groups in total. The Balaban J connectivity index is 2.08. The van der Waals surface area contributed by atoms with Gasteiger partial charge in [-0.15, -0.1) is 0 Å². The lowest BCUT2D eigenvalue weighted by Crippen LogP contribution is -2.35. The van der Waals surface area contributed by atoms with Gasteiger partial charge in [-0.3, -0.25) is 0 Å². The molecule has 0 spiro atoms. The predicted molar refractivity (Wildman–Crippen MR) is 110 cm³/mol. The third kappa shape index (κ3) is 2.63. The predicted octanol–water partition coefficient (Wildman–Crippen LogP) is 6.54. The van der Waals surface area contributed by atoms with Crippen molar-refractivity contribution in [1.29, 1.82) is 0 Å². The van der Waals surface area contributed by atoms with Crippen LogP contribution < -0.4 is 0 Å². The van der Waals surface area contributed by atoms with Crippen LogP contribution in [0, 0.1) is 5.92 Å². The van der Waals surface area contributed by atoms with Crippen molar-refractivity contribution in [2.24, 2.45) is 5.92 Å². The Morgan fingerprint density at radius 1 is 0.500 bits per heavy atom. The highest BCUT2D eigenvalue weighted by Gasteiger charge is 2.43. The summed E-state index contributed by atoms with van der Waals surface area (Å²) in [6.45, 7) is 4.44. The van der Waals surface area contributed by atoms with E-state index in [0.717, 1.165) is 0 Å². The SMILES string of the molecule is CC1=CC(C(c2ccccc2)(c2ccccc2)c2ccccc2)C=C1C. The van der Waals surface area contributed by atoms with Crippen LogP contribution in [0.1, 0.15) is 30.5 Å². The third-order valence-corrected chi connectivity index (χ3v) is 5.67. The van der Waals surface area contributed by atoms with Crippen molar-refractivity contribution in [3.05, 3.63) is 131 Å². The van der Waals surface area contributed by atoms with E-state index in [-0.39, 0.29) is 11.3 Å². The second-order valence-electron chi connectivity index (χ2n) is 7.13. The minimum absolute atomic E-state index is 0.233. The van der Waals surface area contributed by atoms with E-state index in [4.69, 9.17) is 0 Å². The Kier molecular flexibility index (Phi) is 4.34. The summed E-state index contributed by atoms with van der Waals surface area (Å²) in [5.74, 6) is 0.287. The minimum Gasteiger partial charge on any atom is -0.0728 e. The molecule has 0 aromatic heterocycles. The van der Waals surface area contributed by atoms with Crippen molar-refractivity contribution in [2.75, 3.05) is 0 Å². The second kappa shape index (κ2) is 6.80. The first-order valence-electron chi connectivity index (χ1n) is 9.26. The highest BCUT2D eigenvalue weighted by Crippen LogP contribution is 2.49. The van der Waals surface area contributed by atoms with E-state index < -0.39 is 0 Å². The van der Waals surface area contributed by atoms with E-state index >= 15 is 0 Å². The first-order valence-corrected chi connectivity index (χ1v) is 9.26. The zero-order valence-electron chi connectivity index (χ0n) is 15.4. The monoisotopic (exact) mass is 336 g/mol. The van der Waals surface area contributed by atoms with Crippen LogP contribution in [0.3, 0.4) is 0 Å². The average Bonchev–Trinajstić information content (AvgIpc) is 3.04. The highest BCUT2D eigenvalue weighted by atomic mass is 14.4. The molecule has 0 bridgehead atoms. The van der Waals surface area contributed by atoms with E-state index in [1.54, 1.807) is 0 Å². The van der Waals surface area contributed by atoms with Gasteiger partial charge in [-0.1, -0.05) is 114 Å². The zero-order chi connectivity index (χ0) is 18.0. The summed E-state index contributed by atoms with van der Waals surface area (Å²) in [6.07, 6.45) is 4.87. The van der Waals surface area contributed by atoms with Gasteiger partial charge in [0.05, 0.1) is 5.41 Å². The number of rotatable bonds is 4. The molecule has 1 aliphatic rings. The first kappa shape index (κ1) is 16.6. The third-order valence-electron chi connectivity index (χ3n) is 5.67. The van der Waals surface area contributed by atoms with Crippen LogP contribution in [0.2, 0.25) is 0 Å². The van der Waals surface area contributed by atoms with E-state index in [9.17, 15) is 0 Å². The molecule has 0 unspecified atom stereocenters. The van der Waals surface area contributed by atoms with Crippen LogP contribution in [0.15, 0.2) is 114 Å². The van der Waals surface area contributed by atoms with E-state index in [2.05, 4.69) is 117 Å². The van der Waals surface area contributed by atoms with Gasteiger partial charge in [-0.25, -0.2) is 0 Å². The van der Waals surface area contributed by atoms with Gasteiger partial charge in [0.25, 0.3) is 0 Å². The van der Waals surface area contributed by atoms with Gasteiger partial charge < -0.3 is 0 Å². The summed E-state index contributed by atoms with van der Waals surface area (Å²) in [5, 5.41) is 0. The highest BCUT2D eigenvalue weighted by molar-refractivity contribution is 5.56. The smallest absolute Gasteiger partial charge is 0.0548 e. The Hall–Kier alpha value is -2.86. The molecule has 0 saturated heterocycles. The molecule has 3 aromatic rings. The summed E-state index contributed by atoms with van der Waals surface area (Å²) in [7, 11) is 0. The molecular weight excluding hydrogens is 312 g/mol. The Bertz CT molecular complexity index is 816. The van der Waals surface area contributed by atoms with Gasteiger partial charge in [0.2, 0.25) is 0 Å². The Morgan fingerprint density at radius 2 is 0.808 bits per heavy atom. The standard InChI is InChI=1S/C26H24/c1-20-18-25(19-21(20)2)26(22-12-6-3-7-13-22,23-14-8-4-9-15-23)24-16-10-5-11-17-24/h3-19,25H,1-2H3. The first-order chi connectivity index (χ1) is 12.7. The topological polar surface area (TPSA) is 0 Å². The zero-order valence-corrected chi connectivity index (χ0v) is 15.4. The molecule has 0 atom stereocenters. The number of hydrogen-bond acceptors (Lipinski definition) is 0. The van der Waals surface area contributed by atoms with Crippen molar-refractivity contribution in [1.82, 2.24) is 0 Å². The summed E-state index contributed by atoms with van der Waals surface area (Å²) in [6, 6.07) is 32.8. The van der Waals surface area contributed by atoms with Crippen LogP contribution in [-0.4, -0.2) is 0 Å². The number of benzene rings is 3. The number of allylic oxidation sites excluding steroid dienone is 4. The van der Waals surface area contributed by atoms with Gasteiger partial charge in [-0.05, 0) is 30.5 Å². The minimum atomic E-state index is -0.233. The van der Waals surface area contributed by atoms with Gasteiger partial charge in [0.1, 0.15) is 0 Å².